The number of alkyl carbamates (subject to hydrolysis) is 1. The van der Waals surface area contributed by atoms with E-state index < -0.39 is 18.1 Å². The number of nitrogens with one attached hydrogen (secondary N) is 1. The minimum absolute atomic E-state index is 0.0207. The van der Waals surface area contributed by atoms with Gasteiger partial charge < -0.3 is 19.9 Å². The highest BCUT2D eigenvalue weighted by atomic mass is 16.5. The van der Waals surface area contributed by atoms with Crippen LogP contribution in [0.4, 0.5) is 4.79 Å². The number of benzene rings is 2. The van der Waals surface area contributed by atoms with E-state index in [0.29, 0.717) is 0 Å². The Hall–Kier alpha value is -2.86. The van der Waals surface area contributed by atoms with Gasteiger partial charge in [0.15, 0.2) is 0 Å². The van der Waals surface area contributed by atoms with Gasteiger partial charge in [-0.2, -0.15) is 0 Å². The first-order valence-electron chi connectivity index (χ1n) is 9.93. The molecule has 2 aliphatic rings. The van der Waals surface area contributed by atoms with Crippen LogP contribution in [0.3, 0.4) is 0 Å². The van der Waals surface area contributed by atoms with Crippen molar-refractivity contribution in [1.82, 2.24) is 5.32 Å². The van der Waals surface area contributed by atoms with Crippen molar-refractivity contribution in [2.75, 3.05) is 13.7 Å². The molecule has 1 atom stereocenters. The van der Waals surface area contributed by atoms with Gasteiger partial charge in [0, 0.05) is 19.1 Å². The molecule has 0 aromatic heterocycles. The number of carboxylic acids is 1. The lowest BCUT2D eigenvalue weighted by Crippen LogP contribution is -2.48. The summed E-state index contributed by atoms with van der Waals surface area (Å²) < 4.78 is 10.8. The molecule has 1 saturated carbocycles. The molecular formula is C23H25NO5. The highest BCUT2D eigenvalue weighted by Crippen LogP contribution is 2.44. The summed E-state index contributed by atoms with van der Waals surface area (Å²) in [5, 5.41) is 12.0. The fourth-order valence-electron chi connectivity index (χ4n) is 4.44. The number of carboxylic acid groups (broad SMARTS) is 1. The van der Waals surface area contributed by atoms with Crippen molar-refractivity contribution in [3.8, 4) is 11.1 Å². The van der Waals surface area contributed by atoms with Gasteiger partial charge in [0.05, 0.1) is 12.5 Å². The fraction of sp³-hybridized carbons (Fsp3) is 0.391. The molecule has 29 heavy (non-hydrogen) atoms. The Morgan fingerprint density at radius 1 is 1.07 bits per heavy atom. The third kappa shape index (κ3) is 3.98. The Balaban J connectivity index is 1.41. The van der Waals surface area contributed by atoms with Crippen LogP contribution in [0.5, 0.6) is 0 Å². The van der Waals surface area contributed by atoms with Crippen molar-refractivity contribution < 1.29 is 24.2 Å². The third-order valence-electron chi connectivity index (χ3n) is 6.08. The van der Waals surface area contributed by atoms with Gasteiger partial charge in [-0.1, -0.05) is 48.5 Å². The molecule has 0 heterocycles. The fourth-order valence-corrected chi connectivity index (χ4v) is 4.44. The first kappa shape index (κ1) is 19.5. The molecule has 0 spiro atoms. The van der Waals surface area contributed by atoms with Crippen LogP contribution in [0.15, 0.2) is 48.5 Å². The Labute approximate surface area is 169 Å². The standard InChI is InChI=1S/C23H25NO5/c1-28-15-10-14(11-15)21(12-22(25)26)24-23(27)29-13-20-18-8-4-2-6-16(18)17-7-3-5-9-19(17)20/h2-9,14-15,20-21H,10-13H2,1H3,(H,24,27)(H,25,26)/t14?,15?,21-/m0/s1. The van der Waals surface area contributed by atoms with Gasteiger partial charge >= 0.3 is 12.1 Å². The number of amides is 1. The number of fused-ring (bicyclic) bond motifs is 3. The molecule has 1 fully saturated rings. The lowest BCUT2D eigenvalue weighted by molar-refractivity contribution is -0.138. The topological polar surface area (TPSA) is 84.9 Å². The van der Waals surface area contributed by atoms with E-state index in [1.54, 1.807) is 7.11 Å². The number of methoxy groups -OCH3 is 1. The number of hydrogen-bond donors (Lipinski definition) is 2. The second-order valence-electron chi connectivity index (χ2n) is 7.76. The first-order valence-corrected chi connectivity index (χ1v) is 9.93. The number of aliphatic carboxylic acids is 1. The second kappa shape index (κ2) is 8.25. The van der Waals surface area contributed by atoms with Crippen molar-refractivity contribution >= 4 is 12.1 Å². The maximum atomic E-state index is 12.5. The van der Waals surface area contributed by atoms with Crippen LogP contribution >= 0.6 is 0 Å². The molecule has 2 aliphatic carbocycles. The van der Waals surface area contributed by atoms with Gasteiger partial charge in [-0.15, -0.1) is 0 Å². The van der Waals surface area contributed by atoms with Gasteiger partial charge in [-0.3, -0.25) is 4.79 Å². The van der Waals surface area contributed by atoms with E-state index in [1.807, 2.05) is 24.3 Å². The molecule has 6 heteroatoms. The summed E-state index contributed by atoms with van der Waals surface area (Å²) in [5.41, 5.74) is 4.62. The van der Waals surface area contributed by atoms with Crippen LogP contribution in [0, 0.1) is 5.92 Å². The van der Waals surface area contributed by atoms with Crippen LogP contribution in [0.2, 0.25) is 0 Å². The Kier molecular flexibility index (Phi) is 5.53. The highest BCUT2D eigenvalue weighted by molar-refractivity contribution is 5.79. The number of ether oxygens (including phenoxy) is 2. The maximum Gasteiger partial charge on any atom is 0.407 e. The monoisotopic (exact) mass is 395 g/mol. The molecule has 4 rings (SSSR count). The molecule has 0 aliphatic heterocycles. The summed E-state index contributed by atoms with van der Waals surface area (Å²) >= 11 is 0. The predicted molar refractivity (Wildman–Crippen MR) is 108 cm³/mol. The third-order valence-corrected chi connectivity index (χ3v) is 6.08. The molecule has 0 saturated heterocycles. The molecule has 6 nitrogen and oxygen atoms in total. The first-order chi connectivity index (χ1) is 14.1. The average molecular weight is 395 g/mol. The van der Waals surface area contributed by atoms with E-state index in [9.17, 15) is 14.7 Å². The minimum atomic E-state index is -0.935. The summed E-state index contributed by atoms with van der Waals surface area (Å²) in [6.45, 7) is 0.213. The normalized spacial score (nSPS) is 20.9. The molecule has 2 N–H and O–H groups in total. The van der Waals surface area contributed by atoms with Crippen molar-refractivity contribution in [3.63, 3.8) is 0 Å². The van der Waals surface area contributed by atoms with E-state index in [0.717, 1.165) is 24.0 Å². The summed E-state index contributed by atoms with van der Waals surface area (Å²) in [4.78, 5) is 23.7. The van der Waals surface area contributed by atoms with E-state index in [2.05, 4.69) is 29.6 Å². The summed E-state index contributed by atoms with van der Waals surface area (Å²) in [6.07, 6.45) is 0.946. The summed E-state index contributed by atoms with van der Waals surface area (Å²) in [6, 6.07) is 15.8. The quantitative estimate of drug-likeness (QED) is 0.745. The van der Waals surface area contributed by atoms with Gasteiger partial charge in [0.2, 0.25) is 0 Å². The molecule has 0 unspecified atom stereocenters. The van der Waals surface area contributed by atoms with Crippen molar-refractivity contribution in [2.45, 2.75) is 37.3 Å². The summed E-state index contributed by atoms with van der Waals surface area (Å²) in [5.74, 6) is -0.862. The van der Waals surface area contributed by atoms with Crippen LogP contribution in [0.25, 0.3) is 11.1 Å². The molecular weight excluding hydrogens is 370 g/mol. The lowest BCUT2D eigenvalue weighted by Gasteiger charge is -2.39. The van der Waals surface area contributed by atoms with Crippen LogP contribution in [-0.4, -0.2) is 43.0 Å². The van der Waals surface area contributed by atoms with E-state index >= 15 is 0 Å². The van der Waals surface area contributed by atoms with Crippen LogP contribution in [-0.2, 0) is 14.3 Å². The zero-order valence-electron chi connectivity index (χ0n) is 16.3. The zero-order chi connectivity index (χ0) is 20.4. The van der Waals surface area contributed by atoms with E-state index in [4.69, 9.17) is 9.47 Å². The Morgan fingerprint density at radius 2 is 1.66 bits per heavy atom. The summed E-state index contributed by atoms with van der Waals surface area (Å²) in [7, 11) is 1.64. The van der Waals surface area contributed by atoms with Gasteiger partial charge in [0.25, 0.3) is 0 Å². The zero-order valence-corrected chi connectivity index (χ0v) is 16.3. The predicted octanol–water partition coefficient (Wildman–Crippen LogP) is 3.79. The van der Waals surface area contributed by atoms with E-state index in [1.165, 1.54) is 11.1 Å². The van der Waals surface area contributed by atoms with Crippen LogP contribution in [0.1, 0.15) is 36.3 Å². The van der Waals surface area contributed by atoms with E-state index in [-0.39, 0.29) is 31.0 Å². The highest BCUT2D eigenvalue weighted by Gasteiger charge is 2.37. The molecule has 0 bridgehead atoms. The average Bonchev–Trinajstić information content (AvgIpc) is 2.99. The number of carbonyl (C=O) groups is 2. The molecule has 0 radical (unpaired) electrons. The lowest BCUT2D eigenvalue weighted by atomic mass is 9.76. The number of carbonyl (C=O) groups excluding carboxylic acids is 1. The molecule has 2 aromatic rings. The molecule has 1 amide bonds. The largest absolute Gasteiger partial charge is 0.481 e. The Morgan fingerprint density at radius 3 is 2.21 bits per heavy atom. The minimum Gasteiger partial charge on any atom is -0.481 e. The molecule has 152 valence electrons. The second-order valence-corrected chi connectivity index (χ2v) is 7.76. The van der Waals surface area contributed by atoms with Crippen molar-refractivity contribution in [3.05, 3.63) is 59.7 Å². The van der Waals surface area contributed by atoms with Crippen molar-refractivity contribution in [2.24, 2.45) is 5.92 Å². The SMILES string of the molecule is COC1CC([C@H](CC(=O)O)NC(=O)OCC2c3ccccc3-c3ccccc32)C1. The molecule has 2 aromatic carbocycles. The number of hydrogen-bond acceptors (Lipinski definition) is 4. The van der Waals surface area contributed by atoms with Gasteiger partial charge in [0.1, 0.15) is 6.61 Å². The van der Waals surface area contributed by atoms with Crippen molar-refractivity contribution in [1.29, 1.82) is 0 Å². The van der Waals surface area contributed by atoms with Gasteiger partial charge in [-0.25, -0.2) is 4.79 Å². The number of rotatable bonds is 7. The van der Waals surface area contributed by atoms with Crippen LogP contribution < -0.4 is 5.32 Å². The Bertz CT molecular complexity index is 860. The smallest absolute Gasteiger partial charge is 0.407 e. The maximum absolute atomic E-state index is 12.5. The van der Waals surface area contributed by atoms with Gasteiger partial charge in [-0.05, 0) is 41.0 Å².